The summed E-state index contributed by atoms with van der Waals surface area (Å²) in [5, 5.41) is 7.92. The van der Waals surface area contributed by atoms with Crippen molar-refractivity contribution in [2.75, 3.05) is 5.73 Å². The number of aromatic nitrogens is 2. The number of nitrogens with zero attached hydrogens (tertiary/aromatic N) is 2. The molecule has 0 aliphatic heterocycles. The van der Waals surface area contributed by atoms with E-state index in [1.807, 2.05) is 38.1 Å². The SMILES string of the molecule is Cc1nnc(C(C)(C)c2ccc(N)cc2)o1. The Hall–Kier alpha value is -1.84. The van der Waals surface area contributed by atoms with E-state index in [1.165, 1.54) is 0 Å². The van der Waals surface area contributed by atoms with E-state index in [0.717, 1.165) is 11.3 Å². The lowest BCUT2D eigenvalue weighted by molar-refractivity contribution is 0.398. The van der Waals surface area contributed by atoms with Crippen molar-refractivity contribution in [1.29, 1.82) is 0 Å². The van der Waals surface area contributed by atoms with E-state index in [4.69, 9.17) is 10.2 Å². The molecule has 0 aliphatic carbocycles. The summed E-state index contributed by atoms with van der Waals surface area (Å²) in [5.74, 6) is 1.20. The van der Waals surface area contributed by atoms with Gasteiger partial charge in [-0.15, -0.1) is 10.2 Å². The predicted molar refractivity (Wildman–Crippen MR) is 62.0 cm³/mol. The van der Waals surface area contributed by atoms with Gasteiger partial charge in [-0.05, 0) is 31.5 Å². The zero-order valence-corrected chi connectivity index (χ0v) is 9.69. The molecule has 1 aromatic heterocycles. The van der Waals surface area contributed by atoms with Crippen LogP contribution in [0.3, 0.4) is 0 Å². The smallest absolute Gasteiger partial charge is 0.226 e. The summed E-state index contributed by atoms with van der Waals surface area (Å²) in [5.41, 5.74) is 7.22. The van der Waals surface area contributed by atoms with Gasteiger partial charge in [0.05, 0.1) is 5.41 Å². The fourth-order valence-corrected chi connectivity index (χ4v) is 1.57. The van der Waals surface area contributed by atoms with E-state index in [0.29, 0.717) is 11.8 Å². The van der Waals surface area contributed by atoms with Crippen molar-refractivity contribution in [2.45, 2.75) is 26.2 Å². The maximum Gasteiger partial charge on any atom is 0.226 e. The molecular formula is C12H15N3O. The van der Waals surface area contributed by atoms with Crippen molar-refractivity contribution in [1.82, 2.24) is 10.2 Å². The average molecular weight is 217 g/mol. The lowest BCUT2D eigenvalue weighted by Gasteiger charge is -2.20. The van der Waals surface area contributed by atoms with Crippen LogP contribution >= 0.6 is 0 Å². The molecule has 0 saturated carbocycles. The minimum Gasteiger partial charge on any atom is -0.425 e. The Morgan fingerprint density at radius 3 is 2.25 bits per heavy atom. The molecule has 0 atom stereocenters. The van der Waals surface area contributed by atoms with Gasteiger partial charge in [0.25, 0.3) is 0 Å². The van der Waals surface area contributed by atoms with Gasteiger partial charge in [-0.2, -0.15) is 0 Å². The molecule has 4 nitrogen and oxygen atoms in total. The largest absolute Gasteiger partial charge is 0.425 e. The van der Waals surface area contributed by atoms with Crippen molar-refractivity contribution >= 4 is 5.69 Å². The number of nitrogen functional groups attached to an aromatic ring is 1. The number of hydrogen-bond acceptors (Lipinski definition) is 4. The third-order valence-electron chi connectivity index (χ3n) is 2.69. The molecule has 1 aromatic carbocycles. The van der Waals surface area contributed by atoms with Crippen molar-refractivity contribution in [3.8, 4) is 0 Å². The maximum absolute atomic E-state index is 5.66. The van der Waals surface area contributed by atoms with Gasteiger partial charge in [-0.25, -0.2) is 0 Å². The number of rotatable bonds is 2. The minimum atomic E-state index is -0.297. The zero-order valence-electron chi connectivity index (χ0n) is 9.69. The molecule has 2 N–H and O–H groups in total. The van der Waals surface area contributed by atoms with Gasteiger partial charge in [0, 0.05) is 12.6 Å². The highest BCUT2D eigenvalue weighted by Gasteiger charge is 2.28. The van der Waals surface area contributed by atoms with Crippen LogP contribution in [-0.4, -0.2) is 10.2 Å². The lowest BCUT2D eigenvalue weighted by Crippen LogP contribution is -2.19. The van der Waals surface area contributed by atoms with Crippen LogP contribution in [-0.2, 0) is 5.41 Å². The van der Waals surface area contributed by atoms with Gasteiger partial charge >= 0.3 is 0 Å². The highest BCUT2D eigenvalue weighted by atomic mass is 16.4. The Kier molecular flexibility index (Phi) is 2.42. The number of anilines is 1. The summed E-state index contributed by atoms with van der Waals surface area (Å²) >= 11 is 0. The molecule has 4 heteroatoms. The number of aryl methyl sites for hydroxylation is 1. The van der Waals surface area contributed by atoms with E-state index in [1.54, 1.807) is 6.92 Å². The monoisotopic (exact) mass is 217 g/mol. The van der Waals surface area contributed by atoms with Crippen LogP contribution in [0.25, 0.3) is 0 Å². The molecule has 0 saturated heterocycles. The normalized spacial score (nSPS) is 11.7. The van der Waals surface area contributed by atoms with Crippen LogP contribution in [0.5, 0.6) is 0 Å². The number of benzene rings is 1. The molecule has 2 aromatic rings. The zero-order chi connectivity index (χ0) is 11.8. The average Bonchev–Trinajstić information content (AvgIpc) is 2.66. The van der Waals surface area contributed by atoms with E-state index in [9.17, 15) is 0 Å². The molecule has 0 aliphatic rings. The van der Waals surface area contributed by atoms with Crippen LogP contribution < -0.4 is 5.73 Å². The summed E-state index contributed by atoms with van der Waals surface area (Å²) in [7, 11) is 0. The van der Waals surface area contributed by atoms with Crippen molar-refractivity contribution < 1.29 is 4.42 Å². The first kappa shape index (κ1) is 10.7. The van der Waals surface area contributed by atoms with Gasteiger partial charge in [0.15, 0.2) is 0 Å². The molecular weight excluding hydrogens is 202 g/mol. The second-order valence-electron chi connectivity index (χ2n) is 4.37. The number of nitrogens with two attached hydrogens (primary N) is 1. The Morgan fingerprint density at radius 2 is 1.75 bits per heavy atom. The minimum absolute atomic E-state index is 0.297. The van der Waals surface area contributed by atoms with Crippen LogP contribution in [0, 0.1) is 6.92 Å². The molecule has 16 heavy (non-hydrogen) atoms. The quantitative estimate of drug-likeness (QED) is 0.784. The van der Waals surface area contributed by atoms with E-state index >= 15 is 0 Å². The maximum atomic E-state index is 5.66. The molecule has 84 valence electrons. The summed E-state index contributed by atoms with van der Waals surface area (Å²) in [6.45, 7) is 5.88. The topological polar surface area (TPSA) is 64.9 Å². The number of hydrogen-bond donors (Lipinski definition) is 1. The second-order valence-corrected chi connectivity index (χ2v) is 4.37. The van der Waals surface area contributed by atoms with E-state index in [-0.39, 0.29) is 5.41 Å². The molecule has 0 unspecified atom stereocenters. The highest BCUT2D eigenvalue weighted by molar-refractivity contribution is 5.42. The highest BCUT2D eigenvalue weighted by Crippen LogP contribution is 2.30. The van der Waals surface area contributed by atoms with Gasteiger partial charge in [0.1, 0.15) is 0 Å². The van der Waals surface area contributed by atoms with Crippen molar-refractivity contribution in [2.24, 2.45) is 0 Å². The Balaban J connectivity index is 2.42. The Bertz CT molecular complexity index is 485. The first-order valence-electron chi connectivity index (χ1n) is 5.17. The molecule has 1 heterocycles. The van der Waals surface area contributed by atoms with Crippen molar-refractivity contribution in [3.63, 3.8) is 0 Å². The molecule has 0 radical (unpaired) electrons. The van der Waals surface area contributed by atoms with Gasteiger partial charge in [-0.3, -0.25) is 0 Å². The summed E-state index contributed by atoms with van der Waals surface area (Å²) in [6.07, 6.45) is 0. The third-order valence-corrected chi connectivity index (χ3v) is 2.69. The van der Waals surface area contributed by atoms with Gasteiger partial charge in [0.2, 0.25) is 11.8 Å². The van der Waals surface area contributed by atoms with Crippen LogP contribution in [0.15, 0.2) is 28.7 Å². The van der Waals surface area contributed by atoms with E-state index < -0.39 is 0 Å². The Morgan fingerprint density at radius 1 is 1.12 bits per heavy atom. The Labute approximate surface area is 94.5 Å². The van der Waals surface area contributed by atoms with Crippen molar-refractivity contribution in [3.05, 3.63) is 41.6 Å². The second kappa shape index (κ2) is 3.63. The van der Waals surface area contributed by atoms with Crippen LogP contribution in [0.2, 0.25) is 0 Å². The van der Waals surface area contributed by atoms with Gasteiger partial charge < -0.3 is 10.2 Å². The summed E-state index contributed by atoms with van der Waals surface area (Å²) in [4.78, 5) is 0. The lowest BCUT2D eigenvalue weighted by atomic mass is 9.84. The summed E-state index contributed by atoms with van der Waals surface area (Å²) < 4.78 is 5.48. The molecule has 2 rings (SSSR count). The summed E-state index contributed by atoms with van der Waals surface area (Å²) in [6, 6.07) is 7.71. The fraction of sp³-hybridized carbons (Fsp3) is 0.333. The molecule has 0 bridgehead atoms. The van der Waals surface area contributed by atoms with Crippen LogP contribution in [0.4, 0.5) is 5.69 Å². The first-order valence-corrected chi connectivity index (χ1v) is 5.17. The van der Waals surface area contributed by atoms with E-state index in [2.05, 4.69) is 10.2 Å². The van der Waals surface area contributed by atoms with Gasteiger partial charge in [-0.1, -0.05) is 12.1 Å². The molecule has 0 fully saturated rings. The first-order chi connectivity index (χ1) is 7.50. The third kappa shape index (κ3) is 1.78. The standard InChI is InChI=1S/C12H15N3O/c1-8-14-15-11(16-8)12(2,3)9-4-6-10(13)7-5-9/h4-7H,13H2,1-3H3. The fourth-order valence-electron chi connectivity index (χ4n) is 1.57. The molecule has 0 amide bonds. The molecule has 0 spiro atoms. The van der Waals surface area contributed by atoms with Crippen LogP contribution in [0.1, 0.15) is 31.2 Å². The predicted octanol–water partition coefficient (Wildman–Crippen LogP) is 2.29.